The van der Waals surface area contributed by atoms with Gasteiger partial charge in [0.15, 0.2) is 0 Å². The van der Waals surface area contributed by atoms with Gasteiger partial charge in [0.25, 0.3) is 0 Å². The number of amides is 1. The first-order valence-corrected chi connectivity index (χ1v) is 13.4. The maximum atomic E-state index is 11.5. The molecule has 5 nitrogen and oxygen atoms in total. The van der Waals surface area contributed by atoms with Gasteiger partial charge in [-0.2, -0.15) is 0 Å². The van der Waals surface area contributed by atoms with Gasteiger partial charge >= 0.3 is 0 Å². The fourth-order valence-electron chi connectivity index (χ4n) is 4.84. The second-order valence-electron chi connectivity index (χ2n) is 9.42. The largest absolute Gasteiger partial charge is 0.508 e. The molecule has 36 heavy (non-hydrogen) atoms. The number of piperidine rings is 1. The van der Waals surface area contributed by atoms with Crippen LogP contribution in [0.1, 0.15) is 37.3 Å². The zero-order chi connectivity index (χ0) is 24.9. The molecule has 3 aromatic carbocycles. The summed E-state index contributed by atoms with van der Waals surface area (Å²) in [4.78, 5) is 15.2. The normalized spacial score (nSPS) is 14.1. The molecule has 1 aliphatic rings. The number of carbonyl (C=O) groups excluding carboxylic acids is 1. The molecule has 0 aliphatic carbocycles. The van der Waals surface area contributed by atoms with Gasteiger partial charge in [-0.05, 0) is 103 Å². The van der Waals surface area contributed by atoms with Gasteiger partial charge in [0.05, 0.1) is 0 Å². The number of likely N-dealkylation sites (tertiary alicyclic amines) is 1. The lowest BCUT2D eigenvalue weighted by molar-refractivity contribution is -0.114. The summed E-state index contributed by atoms with van der Waals surface area (Å²) < 4.78 is 7.14. The van der Waals surface area contributed by atoms with Crippen LogP contribution in [0.3, 0.4) is 0 Å². The summed E-state index contributed by atoms with van der Waals surface area (Å²) in [7, 11) is 0. The van der Waals surface area contributed by atoms with Crippen LogP contribution in [0.4, 0.5) is 5.69 Å². The van der Waals surface area contributed by atoms with Gasteiger partial charge in [0.1, 0.15) is 18.1 Å². The Morgan fingerprint density at radius 1 is 1.00 bits per heavy atom. The van der Waals surface area contributed by atoms with E-state index in [1.54, 1.807) is 23.5 Å². The Hall–Kier alpha value is -3.35. The van der Waals surface area contributed by atoms with Crippen LogP contribution in [0.5, 0.6) is 11.5 Å². The molecule has 5 rings (SSSR count). The minimum atomic E-state index is -0.0804. The van der Waals surface area contributed by atoms with Crippen molar-refractivity contribution in [2.45, 2.75) is 32.6 Å². The molecule has 4 aromatic rings. The number of hydrogen-bond acceptors (Lipinski definition) is 5. The Labute approximate surface area is 216 Å². The van der Waals surface area contributed by atoms with Crippen molar-refractivity contribution in [1.82, 2.24) is 4.90 Å². The summed E-state index contributed by atoms with van der Waals surface area (Å²) in [5.41, 5.74) is 4.33. The average Bonchev–Trinajstić information content (AvgIpc) is 3.23. The van der Waals surface area contributed by atoms with E-state index in [1.165, 1.54) is 60.7 Å². The molecule has 0 saturated carbocycles. The number of carbonyl (C=O) groups is 1. The molecule has 1 fully saturated rings. The second kappa shape index (κ2) is 11.1. The third-order valence-corrected chi connectivity index (χ3v) is 7.92. The first kappa shape index (κ1) is 24.3. The summed E-state index contributed by atoms with van der Waals surface area (Å²) in [6.07, 6.45) is 4.73. The van der Waals surface area contributed by atoms with Crippen molar-refractivity contribution in [2.24, 2.45) is 0 Å². The third-order valence-electron chi connectivity index (χ3n) is 6.67. The van der Waals surface area contributed by atoms with Gasteiger partial charge < -0.3 is 15.2 Å². The molecule has 1 aliphatic heterocycles. The quantitative estimate of drug-likeness (QED) is 0.283. The fourth-order valence-corrected chi connectivity index (χ4v) is 6.10. The Balaban J connectivity index is 1.36. The molecule has 0 atom stereocenters. The van der Waals surface area contributed by atoms with Crippen LogP contribution >= 0.6 is 11.3 Å². The number of hydrogen-bond donors (Lipinski definition) is 2. The highest BCUT2D eigenvalue weighted by Crippen LogP contribution is 2.41. The number of thiophene rings is 1. The van der Waals surface area contributed by atoms with Crippen molar-refractivity contribution in [3.8, 4) is 21.9 Å². The second-order valence-corrected chi connectivity index (χ2v) is 10.5. The zero-order valence-electron chi connectivity index (χ0n) is 20.6. The molecule has 6 heteroatoms. The minimum absolute atomic E-state index is 0.0804. The fraction of sp³-hybridized carbons (Fsp3) is 0.300. The lowest BCUT2D eigenvalue weighted by Gasteiger charge is -2.26. The standard InChI is InChI=1S/C30H32N2O3S/c1-21(33)31-24-9-14-27-28(30(36-29(27)20-24)23-7-10-25(34)11-8-23)19-22-5-12-26(13-6-22)35-18-17-32-15-3-2-4-16-32/h5-14,20,34H,2-4,15-19H2,1H3,(H,31,33). The SMILES string of the molecule is CC(=O)Nc1ccc2c(Cc3ccc(OCCN4CCCCC4)cc3)c(-c3ccc(O)cc3)sc2c1. The smallest absolute Gasteiger partial charge is 0.221 e. The number of nitrogens with zero attached hydrogens (tertiary/aromatic N) is 1. The van der Waals surface area contributed by atoms with Gasteiger partial charge in [0.2, 0.25) is 5.91 Å². The number of phenols is 1. The Kier molecular flexibility index (Phi) is 7.54. The van der Waals surface area contributed by atoms with Crippen LogP contribution in [0, 0.1) is 0 Å². The Bertz CT molecular complexity index is 1320. The van der Waals surface area contributed by atoms with E-state index in [0.717, 1.165) is 41.3 Å². The van der Waals surface area contributed by atoms with E-state index < -0.39 is 0 Å². The number of fused-ring (bicyclic) bond motifs is 1. The first-order chi connectivity index (χ1) is 17.5. The molecule has 0 radical (unpaired) electrons. The molecule has 0 unspecified atom stereocenters. The Morgan fingerprint density at radius 3 is 2.47 bits per heavy atom. The van der Waals surface area contributed by atoms with Gasteiger partial charge in [-0.25, -0.2) is 0 Å². The van der Waals surface area contributed by atoms with E-state index >= 15 is 0 Å². The number of anilines is 1. The summed E-state index contributed by atoms with van der Waals surface area (Å²) >= 11 is 1.71. The predicted molar refractivity (Wildman–Crippen MR) is 148 cm³/mol. The molecule has 0 spiro atoms. The van der Waals surface area contributed by atoms with Crippen LogP contribution < -0.4 is 10.1 Å². The molecule has 1 amide bonds. The van der Waals surface area contributed by atoms with E-state index in [-0.39, 0.29) is 11.7 Å². The first-order valence-electron chi connectivity index (χ1n) is 12.6. The lowest BCUT2D eigenvalue weighted by Crippen LogP contribution is -2.33. The summed E-state index contributed by atoms with van der Waals surface area (Å²) in [5.74, 6) is 1.08. The van der Waals surface area contributed by atoms with Crippen molar-refractivity contribution in [1.29, 1.82) is 0 Å². The van der Waals surface area contributed by atoms with E-state index in [9.17, 15) is 9.90 Å². The summed E-state index contributed by atoms with van der Waals surface area (Å²) in [5, 5.41) is 13.8. The van der Waals surface area contributed by atoms with E-state index in [1.807, 2.05) is 24.3 Å². The summed E-state index contributed by atoms with van der Waals surface area (Å²) in [6, 6.07) is 21.9. The topological polar surface area (TPSA) is 61.8 Å². The number of benzene rings is 3. The minimum Gasteiger partial charge on any atom is -0.508 e. The molecule has 1 aromatic heterocycles. The van der Waals surface area contributed by atoms with Crippen LogP contribution in [-0.2, 0) is 11.2 Å². The van der Waals surface area contributed by atoms with Crippen LogP contribution in [0.15, 0.2) is 66.7 Å². The number of rotatable bonds is 8. The predicted octanol–water partition coefficient (Wildman–Crippen LogP) is 6.69. The molecule has 0 bridgehead atoms. The van der Waals surface area contributed by atoms with E-state index in [0.29, 0.717) is 0 Å². The van der Waals surface area contributed by atoms with Crippen LogP contribution in [0.2, 0.25) is 0 Å². The van der Waals surface area contributed by atoms with Gasteiger partial charge in [-0.1, -0.05) is 24.6 Å². The van der Waals surface area contributed by atoms with Crippen LogP contribution in [-0.4, -0.2) is 42.2 Å². The van der Waals surface area contributed by atoms with Crippen molar-refractivity contribution in [2.75, 3.05) is 31.6 Å². The molecular weight excluding hydrogens is 468 g/mol. The van der Waals surface area contributed by atoms with Gasteiger partial charge in [-0.15, -0.1) is 11.3 Å². The number of ether oxygens (including phenoxy) is 1. The van der Waals surface area contributed by atoms with Crippen LogP contribution in [0.25, 0.3) is 20.5 Å². The molecular formula is C30H32N2O3S. The molecule has 1 saturated heterocycles. The highest BCUT2D eigenvalue weighted by Gasteiger charge is 2.16. The monoisotopic (exact) mass is 500 g/mol. The van der Waals surface area contributed by atoms with Crippen molar-refractivity contribution in [3.05, 3.63) is 77.9 Å². The van der Waals surface area contributed by atoms with Crippen molar-refractivity contribution in [3.63, 3.8) is 0 Å². The maximum absolute atomic E-state index is 11.5. The van der Waals surface area contributed by atoms with Gasteiger partial charge in [0, 0.05) is 28.7 Å². The molecule has 2 N–H and O–H groups in total. The highest BCUT2D eigenvalue weighted by atomic mass is 32.1. The van der Waals surface area contributed by atoms with E-state index in [2.05, 4.69) is 40.5 Å². The van der Waals surface area contributed by atoms with Crippen molar-refractivity contribution >= 4 is 33.0 Å². The summed E-state index contributed by atoms with van der Waals surface area (Å²) in [6.45, 7) is 5.60. The third kappa shape index (κ3) is 5.89. The highest BCUT2D eigenvalue weighted by molar-refractivity contribution is 7.22. The maximum Gasteiger partial charge on any atom is 0.221 e. The van der Waals surface area contributed by atoms with E-state index in [4.69, 9.17) is 4.74 Å². The van der Waals surface area contributed by atoms with Crippen molar-refractivity contribution < 1.29 is 14.6 Å². The molecule has 186 valence electrons. The number of nitrogens with one attached hydrogen (secondary N) is 1. The zero-order valence-corrected chi connectivity index (χ0v) is 21.4. The lowest BCUT2D eigenvalue weighted by atomic mass is 9.98. The number of aromatic hydroxyl groups is 1. The Morgan fingerprint density at radius 2 is 1.75 bits per heavy atom. The molecule has 2 heterocycles. The number of phenolic OH excluding ortho intramolecular Hbond substituents is 1. The average molecular weight is 501 g/mol. The van der Waals surface area contributed by atoms with Gasteiger partial charge in [-0.3, -0.25) is 9.69 Å².